The maximum absolute atomic E-state index is 13.6. The minimum atomic E-state index is -4.87. The Bertz CT molecular complexity index is 653. The van der Waals surface area contributed by atoms with Gasteiger partial charge in [-0.2, -0.15) is 13.2 Å². The number of amides is 1. The fraction of sp³-hybridized carbons (Fsp3) is 0.650. The predicted octanol–water partition coefficient (Wildman–Crippen LogP) is 3.77. The molecule has 1 unspecified atom stereocenters. The summed E-state index contributed by atoms with van der Waals surface area (Å²) in [6, 6.07) is 6.98. The number of carbonyl (C=O) groups is 1. The summed E-state index contributed by atoms with van der Waals surface area (Å²) in [5.74, 6) is 1.28. The lowest BCUT2D eigenvalue weighted by Crippen LogP contribution is -2.57. The number of halogens is 3. The van der Waals surface area contributed by atoms with Crippen LogP contribution in [0.5, 0.6) is 0 Å². The maximum Gasteiger partial charge on any atom is 0.423 e. The number of hydrogen-bond acceptors (Lipinski definition) is 2. The molecule has 0 heterocycles. The number of rotatable bonds is 4. The van der Waals surface area contributed by atoms with Gasteiger partial charge in [0.05, 0.1) is 6.54 Å². The van der Waals surface area contributed by atoms with E-state index in [1.165, 1.54) is 24.3 Å². The second-order valence-corrected chi connectivity index (χ2v) is 8.60. The largest absolute Gasteiger partial charge is 0.423 e. The summed E-state index contributed by atoms with van der Waals surface area (Å²) < 4.78 is 40.8. The van der Waals surface area contributed by atoms with Crippen molar-refractivity contribution in [2.24, 2.45) is 23.2 Å². The van der Waals surface area contributed by atoms with Crippen LogP contribution in [0.4, 0.5) is 13.2 Å². The fourth-order valence-electron chi connectivity index (χ4n) is 5.86. The number of carbonyl (C=O) groups excluding carboxylic acids is 1. The van der Waals surface area contributed by atoms with Gasteiger partial charge in [-0.15, -0.1) is 0 Å². The summed E-state index contributed by atoms with van der Waals surface area (Å²) >= 11 is 0. The molecule has 0 saturated heterocycles. The smallest absolute Gasteiger partial charge is 0.375 e. The van der Waals surface area contributed by atoms with Crippen LogP contribution in [0, 0.1) is 23.2 Å². The van der Waals surface area contributed by atoms with Crippen LogP contribution >= 0.6 is 0 Å². The van der Waals surface area contributed by atoms with Gasteiger partial charge >= 0.3 is 6.18 Å². The van der Waals surface area contributed by atoms with Crippen molar-refractivity contribution in [3.8, 4) is 0 Å². The number of benzene rings is 1. The molecule has 0 aromatic heterocycles. The van der Waals surface area contributed by atoms with Crippen LogP contribution in [0.15, 0.2) is 30.3 Å². The number of nitrogens with one attached hydrogen (secondary N) is 1. The second kappa shape index (κ2) is 5.98. The summed E-state index contributed by atoms with van der Waals surface area (Å²) in [6.07, 6.45) is 0.931. The van der Waals surface area contributed by atoms with Crippen molar-refractivity contribution in [3.63, 3.8) is 0 Å². The first kappa shape index (κ1) is 17.8. The van der Waals surface area contributed by atoms with E-state index in [2.05, 4.69) is 5.32 Å². The van der Waals surface area contributed by atoms with Crippen molar-refractivity contribution in [2.45, 2.75) is 50.3 Å². The van der Waals surface area contributed by atoms with Crippen LogP contribution in [-0.2, 0) is 10.4 Å². The van der Waals surface area contributed by atoms with E-state index in [0.29, 0.717) is 17.8 Å². The molecule has 4 fully saturated rings. The summed E-state index contributed by atoms with van der Waals surface area (Å²) in [5, 5.41) is 12.9. The van der Waals surface area contributed by atoms with Crippen LogP contribution in [0.25, 0.3) is 0 Å². The Kier molecular flexibility index (Phi) is 4.10. The second-order valence-electron chi connectivity index (χ2n) is 8.60. The molecule has 5 rings (SSSR count). The fourth-order valence-corrected chi connectivity index (χ4v) is 5.86. The average Bonchev–Trinajstić information content (AvgIpc) is 2.58. The highest BCUT2D eigenvalue weighted by Gasteiger charge is 2.57. The van der Waals surface area contributed by atoms with Gasteiger partial charge in [-0.25, -0.2) is 0 Å². The van der Waals surface area contributed by atoms with Gasteiger partial charge in [0.2, 0.25) is 11.5 Å². The van der Waals surface area contributed by atoms with Gasteiger partial charge in [0.1, 0.15) is 0 Å². The Labute approximate surface area is 151 Å². The van der Waals surface area contributed by atoms with E-state index >= 15 is 0 Å². The molecule has 4 saturated carbocycles. The van der Waals surface area contributed by atoms with Crippen LogP contribution in [0.2, 0.25) is 0 Å². The molecule has 4 aliphatic rings. The predicted molar refractivity (Wildman–Crippen MR) is 90.0 cm³/mol. The third-order valence-electron chi connectivity index (χ3n) is 6.74. The van der Waals surface area contributed by atoms with E-state index in [1.807, 2.05) is 0 Å². The molecular formula is C20H24F3NO2. The van der Waals surface area contributed by atoms with Crippen molar-refractivity contribution in [1.29, 1.82) is 0 Å². The topological polar surface area (TPSA) is 49.3 Å². The Morgan fingerprint density at radius 2 is 1.54 bits per heavy atom. The summed E-state index contributed by atoms with van der Waals surface area (Å²) in [6.45, 7) is -0.846. The molecule has 4 aliphatic carbocycles. The van der Waals surface area contributed by atoms with Crippen molar-refractivity contribution >= 4 is 5.91 Å². The van der Waals surface area contributed by atoms with E-state index in [4.69, 9.17) is 0 Å². The Balaban J connectivity index is 1.52. The molecule has 3 nitrogen and oxygen atoms in total. The highest BCUT2D eigenvalue weighted by atomic mass is 19.4. The summed E-state index contributed by atoms with van der Waals surface area (Å²) in [7, 11) is 0. The van der Waals surface area contributed by atoms with Crippen LogP contribution in [0.1, 0.15) is 44.1 Å². The van der Waals surface area contributed by atoms with Crippen LogP contribution in [0.3, 0.4) is 0 Å². The standard InChI is InChI=1S/C20H24F3NO2/c21-20(22,23)19(26,16-4-2-1-3-5-16)12-24-17(25)18-9-13-6-14(10-18)8-15(7-13)11-18/h1-5,13-15,26H,6-12H2,(H,24,25). The molecule has 1 aromatic rings. The first-order valence-electron chi connectivity index (χ1n) is 9.35. The summed E-state index contributed by atoms with van der Waals surface area (Å²) in [5.41, 5.74) is -3.86. The highest BCUT2D eigenvalue weighted by molar-refractivity contribution is 5.83. The molecule has 1 aromatic carbocycles. The van der Waals surface area contributed by atoms with Crippen molar-refractivity contribution in [2.75, 3.05) is 6.54 Å². The zero-order valence-corrected chi connectivity index (χ0v) is 14.6. The molecule has 142 valence electrons. The van der Waals surface area contributed by atoms with Gasteiger partial charge in [0.15, 0.2) is 0 Å². The van der Waals surface area contributed by atoms with Crippen molar-refractivity contribution < 1.29 is 23.1 Å². The third kappa shape index (κ3) is 2.82. The molecule has 1 amide bonds. The lowest BCUT2D eigenvalue weighted by molar-refractivity contribution is -0.264. The molecule has 4 bridgehead atoms. The van der Waals surface area contributed by atoms with E-state index in [0.717, 1.165) is 38.5 Å². The van der Waals surface area contributed by atoms with Gasteiger partial charge in [-0.1, -0.05) is 30.3 Å². The minimum absolute atomic E-state index is 0.252. The van der Waals surface area contributed by atoms with E-state index in [1.54, 1.807) is 6.07 Å². The Hall–Kier alpha value is -1.56. The van der Waals surface area contributed by atoms with E-state index in [9.17, 15) is 23.1 Å². The van der Waals surface area contributed by atoms with Crippen LogP contribution in [-0.4, -0.2) is 23.7 Å². The lowest BCUT2D eigenvalue weighted by Gasteiger charge is -2.55. The first-order valence-corrected chi connectivity index (χ1v) is 9.35. The van der Waals surface area contributed by atoms with E-state index in [-0.39, 0.29) is 11.5 Å². The average molecular weight is 367 g/mol. The van der Waals surface area contributed by atoms with Crippen molar-refractivity contribution in [3.05, 3.63) is 35.9 Å². The number of hydrogen-bond donors (Lipinski definition) is 2. The molecule has 0 radical (unpaired) electrons. The SMILES string of the molecule is O=C(NCC(O)(c1ccccc1)C(F)(F)F)C12CC3CC(CC(C3)C1)C2. The van der Waals surface area contributed by atoms with Gasteiger partial charge in [-0.05, 0) is 61.8 Å². The molecule has 6 heteroatoms. The Morgan fingerprint density at radius 1 is 1.04 bits per heavy atom. The molecule has 1 atom stereocenters. The number of aliphatic hydroxyl groups is 1. The van der Waals surface area contributed by atoms with Crippen molar-refractivity contribution in [1.82, 2.24) is 5.32 Å². The normalized spacial score (nSPS) is 35.2. The van der Waals surface area contributed by atoms with Gasteiger partial charge in [-0.3, -0.25) is 4.79 Å². The highest BCUT2D eigenvalue weighted by Crippen LogP contribution is 2.60. The molecule has 0 spiro atoms. The third-order valence-corrected chi connectivity index (χ3v) is 6.74. The zero-order valence-electron chi connectivity index (χ0n) is 14.6. The molecule has 2 N–H and O–H groups in total. The van der Waals surface area contributed by atoms with Crippen LogP contribution < -0.4 is 5.32 Å². The lowest BCUT2D eigenvalue weighted by atomic mass is 9.49. The summed E-state index contributed by atoms with van der Waals surface area (Å²) in [4.78, 5) is 12.9. The molecule has 26 heavy (non-hydrogen) atoms. The quantitative estimate of drug-likeness (QED) is 0.851. The molecular weight excluding hydrogens is 343 g/mol. The Morgan fingerprint density at radius 3 is 2.00 bits per heavy atom. The molecule has 0 aliphatic heterocycles. The zero-order chi connectivity index (χ0) is 18.6. The van der Waals surface area contributed by atoms with Gasteiger partial charge in [0, 0.05) is 5.41 Å². The maximum atomic E-state index is 13.6. The minimum Gasteiger partial charge on any atom is -0.375 e. The van der Waals surface area contributed by atoms with Gasteiger partial charge < -0.3 is 10.4 Å². The van der Waals surface area contributed by atoms with Gasteiger partial charge in [0.25, 0.3) is 0 Å². The van der Waals surface area contributed by atoms with E-state index < -0.39 is 23.7 Å². The number of alkyl halides is 3. The first-order chi connectivity index (χ1) is 12.2. The monoisotopic (exact) mass is 367 g/mol.